The molecule has 1 aliphatic rings. The Morgan fingerprint density at radius 3 is 1.26 bits per heavy atom. The molecular formula is C67H47B. The lowest BCUT2D eigenvalue weighted by atomic mass is 9.32. The largest absolute Gasteiger partial charge is 0.243 e. The van der Waals surface area contributed by atoms with Gasteiger partial charge < -0.3 is 0 Å². The molecule has 13 rings (SSSR count). The molecule has 0 saturated carbocycles. The quantitative estimate of drug-likeness (QED) is 0.111. The molecule has 0 aliphatic carbocycles. The van der Waals surface area contributed by atoms with Gasteiger partial charge in [-0.15, -0.1) is 0 Å². The van der Waals surface area contributed by atoms with Gasteiger partial charge in [0.25, 0.3) is 0 Å². The minimum Gasteiger partial charge on any atom is -0.0664 e. The topological polar surface area (TPSA) is 0 Å². The SMILES string of the molecule is Cc1cc(C)c(B2c3ccccc3-c3cc(-c4c(-c5ccccc5)cccc4-c4ccccc4)c4ccc5ccc(-c6c(-c7ccccc7)cccc6-c6ccccc6)c6cc2c3c4c56)c(C)c1. The Bertz CT molecular complexity index is 3770. The van der Waals surface area contributed by atoms with E-state index in [2.05, 4.69) is 251 Å². The predicted octanol–water partition coefficient (Wildman–Crippen LogP) is 16.0. The molecule has 0 bridgehead atoms. The minimum atomic E-state index is 0.0271. The molecule has 1 heterocycles. The first-order valence-corrected chi connectivity index (χ1v) is 24.0. The van der Waals surface area contributed by atoms with Crippen molar-refractivity contribution in [2.45, 2.75) is 20.8 Å². The molecule has 0 spiro atoms. The van der Waals surface area contributed by atoms with Crippen molar-refractivity contribution in [3.05, 3.63) is 247 Å². The summed E-state index contributed by atoms with van der Waals surface area (Å²) in [5, 5.41) is 7.83. The summed E-state index contributed by atoms with van der Waals surface area (Å²) in [5.41, 5.74) is 25.5. The molecule has 1 heteroatoms. The smallest absolute Gasteiger partial charge is 0.0664 e. The van der Waals surface area contributed by atoms with Crippen molar-refractivity contribution in [1.82, 2.24) is 0 Å². The van der Waals surface area contributed by atoms with Gasteiger partial charge in [0.05, 0.1) is 0 Å². The molecular weight excluding hydrogens is 816 g/mol. The van der Waals surface area contributed by atoms with Gasteiger partial charge in [-0.05, 0) is 137 Å². The van der Waals surface area contributed by atoms with Gasteiger partial charge in [0, 0.05) is 0 Å². The van der Waals surface area contributed by atoms with E-state index >= 15 is 0 Å². The molecule has 0 saturated heterocycles. The first kappa shape index (κ1) is 40.1. The average molecular weight is 863 g/mol. The van der Waals surface area contributed by atoms with Crippen LogP contribution in [-0.4, -0.2) is 6.71 Å². The van der Waals surface area contributed by atoms with Crippen molar-refractivity contribution in [3.8, 4) is 77.9 Å². The van der Waals surface area contributed by atoms with E-state index in [0.29, 0.717) is 0 Å². The van der Waals surface area contributed by atoms with Gasteiger partial charge in [0.2, 0.25) is 6.71 Å². The molecule has 0 radical (unpaired) electrons. The minimum absolute atomic E-state index is 0.0271. The van der Waals surface area contributed by atoms with Crippen LogP contribution in [0.4, 0.5) is 0 Å². The molecule has 0 nitrogen and oxygen atoms in total. The molecule has 12 aromatic carbocycles. The van der Waals surface area contributed by atoms with Crippen LogP contribution in [0.25, 0.3) is 110 Å². The Hall–Kier alpha value is -8.26. The van der Waals surface area contributed by atoms with Crippen LogP contribution in [0.2, 0.25) is 0 Å². The van der Waals surface area contributed by atoms with E-state index in [0.717, 1.165) is 0 Å². The zero-order chi connectivity index (χ0) is 45.5. The summed E-state index contributed by atoms with van der Waals surface area (Å²) in [6.07, 6.45) is 0. The van der Waals surface area contributed by atoms with Crippen LogP contribution in [-0.2, 0) is 0 Å². The van der Waals surface area contributed by atoms with E-state index < -0.39 is 0 Å². The molecule has 1 aliphatic heterocycles. The van der Waals surface area contributed by atoms with Gasteiger partial charge in [-0.25, -0.2) is 0 Å². The lowest BCUT2D eigenvalue weighted by Gasteiger charge is -2.32. The highest BCUT2D eigenvalue weighted by atomic mass is 14.3. The lowest BCUT2D eigenvalue weighted by molar-refractivity contribution is 1.35. The van der Waals surface area contributed by atoms with E-state index in [1.807, 2.05) is 0 Å². The molecule has 0 aromatic heterocycles. The van der Waals surface area contributed by atoms with E-state index in [-0.39, 0.29) is 6.71 Å². The third kappa shape index (κ3) is 6.23. The summed E-state index contributed by atoms with van der Waals surface area (Å²) in [4.78, 5) is 0. The maximum Gasteiger partial charge on any atom is 0.243 e. The summed E-state index contributed by atoms with van der Waals surface area (Å²) in [5.74, 6) is 0. The Morgan fingerprint density at radius 1 is 0.279 bits per heavy atom. The third-order valence-corrected chi connectivity index (χ3v) is 14.8. The van der Waals surface area contributed by atoms with Gasteiger partial charge in [-0.1, -0.05) is 258 Å². The van der Waals surface area contributed by atoms with Crippen LogP contribution >= 0.6 is 0 Å². The monoisotopic (exact) mass is 862 g/mol. The second-order valence-corrected chi connectivity index (χ2v) is 18.8. The maximum atomic E-state index is 2.62. The van der Waals surface area contributed by atoms with Gasteiger partial charge in [0.15, 0.2) is 0 Å². The highest BCUT2D eigenvalue weighted by Gasteiger charge is 2.36. The second kappa shape index (κ2) is 16.0. The van der Waals surface area contributed by atoms with Gasteiger partial charge in [-0.2, -0.15) is 0 Å². The molecule has 68 heavy (non-hydrogen) atoms. The summed E-state index contributed by atoms with van der Waals surface area (Å²) in [6.45, 7) is 6.90. The van der Waals surface area contributed by atoms with Crippen molar-refractivity contribution in [1.29, 1.82) is 0 Å². The third-order valence-electron chi connectivity index (χ3n) is 14.8. The van der Waals surface area contributed by atoms with Crippen molar-refractivity contribution in [3.63, 3.8) is 0 Å². The van der Waals surface area contributed by atoms with Crippen molar-refractivity contribution in [2.24, 2.45) is 0 Å². The van der Waals surface area contributed by atoms with Crippen molar-refractivity contribution >= 4 is 55.4 Å². The standard InChI is InChI=1S/C67H47B/c1-42-38-43(2)67(44(3)39-42)68-60-33-17-16-28-54(60)57-40-58(64-52(47-24-12-6-13-25-47)31-19-32-53(64)48-26-14-7-15-27-48)56-37-35-49-34-36-55(59-41-61(68)65(57)66(56)62(49)59)63-50(45-20-8-4-9-21-45)29-18-30-51(63)46-22-10-5-11-23-46/h4-41H,1-3H3. The summed E-state index contributed by atoms with van der Waals surface area (Å²) >= 11 is 0. The fraction of sp³-hybridized carbons (Fsp3) is 0.0448. The zero-order valence-corrected chi connectivity index (χ0v) is 38.5. The number of hydrogen-bond donors (Lipinski definition) is 0. The number of aryl methyl sites for hydroxylation is 3. The molecule has 0 atom stereocenters. The average Bonchev–Trinajstić information content (AvgIpc) is 3.39. The van der Waals surface area contributed by atoms with Gasteiger partial charge >= 0.3 is 0 Å². The Balaban J connectivity index is 1.24. The summed E-state index contributed by atoms with van der Waals surface area (Å²) in [7, 11) is 0. The highest BCUT2D eigenvalue weighted by Crippen LogP contribution is 2.51. The number of fused-ring (bicyclic) bond motifs is 2. The Morgan fingerprint density at radius 2 is 0.735 bits per heavy atom. The van der Waals surface area contributed by atoms with Crippen molar-refractivity contribution in [2.75, 3.05) is 0 Å². The number of benzene rings is 12. The van der Waals surface area contributed by atoms with Gasteiger partial charge in [-0.3, -0.25) is 0 Å². The van der Waals surface area contributed by atoms with E-state index in [1.54, 1.807) is 0 Å². The molecule has 0 N–H and O–H groups in total. The highest BCUT2D eigenvalue weighted by molar-refractivity contribution is 6.99. The van der Waals surface area contributed by atoms with E-state index in [9.17, 15) is 0 Å². The zero-order valence-electron chi connectivity index (χ0n) is 38.5. The van der Waals surface area contributed by atoms with Gasteiger partial charge in [0.1, 0.15) is 0 Å². The van der Waals surface area contributed by atoms with Crippen LogP contribution in [0.15, 0.2) is 231 Å². The molecule has 0 amide bonds. The fourth-order valence-electron chi connectivity index (χ4n) is 12.1. The maximum absolute atomic E-state index is 2.62. The van der Waals surface area contributed by atoms with Crippen LogP contribution < -0.4 is 16.4 Å². The van der Waals surface area contributed by atoms with Crippen LogP contribution in [0.5, 0.6) is 0 Å². The normalized spacial score (nSPS) is 12.0. The van der Waals surface area contributed by atoms with Crippen molar-refractivity contribution < 1.29 is 0 Å². The first-order valence-electron chi connectivity index (χ1n) is 24.0. The van der Waals surface area contributed by atoms with E-state index in [4.69, 9.17) is 0 Å². The predicted molar refractivity (Wildman–Crippen MR) is 294 cm³/mol. The summed E-state index contributed by atoms with van der Waals surface area (Å²) in [6, 6.07) is 86.5. The molecule has 12 aromatic rings. The van der Waals surface area contributed by atoms with E-state index in [1.165, 1.54) is 143 Å². The molecule has 0 fully saturated rings. The molecule has 0 unspecified atom stereocenters. The second-order valence-electron chi connectivity index (χ2n) is 18.8. The Labute approximate surface area is 399 Å². The first-order chi connectivity index (χ1) is 33.5. The fourth-order valence-corrected chi connectivity index (χ4v) is 12.1. The lowest BCUT2D eigenvalue weighted by Crippen LogP contribution is -2.56. The van der Waals surface area contributed by atoms with Crippen LogP contribution in [0.1, 0.15) is 16.7 Å². The molecule has 318 valence electrons. The number of rotatable bonds is 7. The van der Waals surface area contributed by atoms with Crippen LogP contribution in [0, 0.1) is 20.8 Å². The summed E-state index contributed by atoms with van der Waals surface area (Å²) < 4.78 is 0. The Kier molecular flexibility index (Phi) is 9.41. The number of hydrogen-bond acceptors (Lipinski definition) is 0. The van der Waals surface area contributed by atoms with Crippen LogP contribution in [0.3, 0.4) is 0 Å².